The van der Waals surface area contributed by atoms with E-state index in [1.54, 1.807) is 43.6 Å². The zero-order valence-corrected chi connectivity index (χ0v) is 21.5. The molecule has 1 unspecified atom stereocenters. The number of hydrogen-bond donors (Lipinski definition) is 1. The number of hydrogen-bond acceptors (Lipinski definition) is 5. The van der Waals surface area contributed by atoms with Crippen molar-refractivity contribution in [1.29, 1.82) is 0 Å². The number of methoxy groups -OCH3 is 1. The lowest BCUT2D eigenvalue weighted by molar-refractivity contribution is -0.146. The molecule has 1 aliphatic rings. The van der Waals surface area contributed by atoms with Gasteiger partial charge in [-0.15, -0.1) is 11.8 Å². The first-order valence-electron chi connectivity index (χ1n) is 12.5. The molecule has 9 heteroatoms. The lowest BCUT2D eigenvalue weighted by Crippen LogP contribution is -2.44. The summed E-state index contributed by atoms with van der Waals surface area (Å²) >= 11 is 1.26. The summed E-state index contributed by atoms with van der Waals surface area (Å²) in [5, 5.41) is 10.6. The first kappa shape index (κ1) is 27.3. The van der Waals surface area contributed by atoms with Gasteiger partial charge in [0.15, 0.2) is 11.6 Å². The van der Waals surface area contributed by atoms with Crippen LogP contribution in [0.5, 0.6) is 5.75 Å². The number of ether oxygens (including phenoxy) is 1. The van der Waals surface area contributed by atoms with E-state index in [-0.39, 0.29) is 17.2 Å². The Bertz CT molecular complexity index is 1230. The van der Waals surface area contributed by atoms with Crippen LogP contribution in [-0.2, 0) is 4.79 Å². The Morgan fingerprint density at radius 2 is 2.11 bits per heavy atom. The van der Waals surface area contributed by atoms with Crippen molar-refractivity contribution in [2.24, 2.45) is 11.8 Å². The van der Waals surface area contributed by atoms with Crippen LogP contribution in [0.25, 0.3) is 10.9 Å². The van der Waals surface area contributed by atoms with E-state index in [2.05, 4.69) is 9.88 Å². The van der Waals surface area contributed by atoms with Gasteiger partial charge < -0.3 is 14.7 Å². The zero-order valence-electron chi connectivity index (χ0n) is 20.7. The van der Waals surface area contributed by atoms with Crippen molar-refractivity contribution in [1.82, 2.24) is 9.88 Å². The molecule has 0 aliphatic carbocycles. The number of carbonyl (C=O) groups is 1. The Morgan fingerprint density at radius 3 is 2.89 bits per heavy atom. The number of likely N-dealkylation sites (tertiary alicyclic amines) is 1. The molecule has 1 N–H and O–H groups in total. The van der Waals surface area contributed by atoms with Gasteiger partial charge in [0.1, 0.15) is 11.9 Å². The van der Waals surface area contributed by atoms with E-state index in [1.807, 2.05) is 0 Å². The van der Waals surface area contributed by atoms with Crippen LogP contribution in [-0.4, -0.2) is 53.5 Å². The minimum atomic E-state index is -1.23. The monoisotopic (exact) mass is 532 g/mol. The summed E-state index contributed by atoms with van der Waals surface area (Å²) in [4.78, 5) is 18.7. The Labute approximate surface area is 219 Å². The molecule has 0 bridgehead atoms. The van der Waals surface area contributed by atoms with Gasteiger partial charge in [-0.25, -0.2) is 13.2 Å². The van der Waals surface area contributed by atoms with Crippen molar-refractivity contribution in [3.05, 3.63) is 65.9 Å². The van der Waals surface area contributed by atoms with Crippen molar-refractivity contribution in [3.8, 4) is 5.75 Å². The Balaban J connectivity index is 1.30. The molecule has 0 amide bonds. The van der Waals surface area contributed by atoms with Crippen LogP contribution in [0.1, 0.15) is 37.4 Å². The Hall–Kier alpha value is -2.78. The molecule has 4 rings (SSSR count). The highest BCUT2D eigenvalue weighted by Crippen LogP contribution is 2.35. The fourth-order valence-electron chi connectivity index (χ4n) is 5.02. The van der Waals surface area contributed by atoms with Gasteiger partial charge >= 0.3 is 5.97 Å². The maximum absolute atomic E-state index is 15.4. The third-order valence-corrected chi connectivity index (χ3v) is 8.18. The zero-order chi connectivity index (χ0) is 26.4. The predicted molar refractivity (Wildman–Crippen MR) is 139 cm³/mol. The quantitative estimate of drug-likeness (QED) is 0.224. The smallest absolute Gasteiger partial charge is 0.308 e. The third kappa shape index (κ3) is 6.76. The molecule has 3 aromatic rings. The summed E-state index contributed by atoms with van der Waals surface area (Å²) in [5.74, 6) is -1.99. The SMILES string of the molecule is COc1ccc2nccc(C(F)CC[C@@H]3CCN(CCCSc4cccc(F)c4F)C[C@@H]3C(=O)O)c2c1. The largest absolute Gasteiger partial charge is 0.497 e. The highest BCUT2D eigenvalue weighted by atomic mass is 32.2. The molecule has 0 radical (unpaired) electrons. The van der Waals surface area contributed by atoms with Crippen LogP contribution in [0.2, 0.25) is 0 Å². The van der Waals surface area contributed by atoms with Gasteiger partial charge in [0.2, 0.25) is 0 Å². The fraction of sp³-hybridized carbons (Fsp3) is 0.429. The maximum Gasteiger partial charge on any atom is 0.308 e. The first-order chi connectivity index (χ1) is 17.9. The van der Waals surface area contributed by atoms with Gasteiger partial charge in [-0.1, -0.05) is 6.07 Å². The van der Waals surface area contributed by atoms with Gasteiger partial charge in [0, 0.05) is 23.0 Å². The molecular formula is C28H31F3N2O3S. The predicted octanol–water partition coefficient (Wildman–Crippen LogP) is 6.52. The number of thioether (sulfide) groups is 1. The van der Waals surface area contributed by atoms with Crippen molar-refractivity contribution in [2.45, 2.75) is 36.8 Å². The van der Waals surface area contributed by atoms with Crippen molar-refractivity contribution < 1.29 is 27.8 Å². The number of alkyl halides is 1. The molecule has 198 valence electrons. The molecule has 37 heavy (non-hydrogen) atoms. The first-order valence-corrected chi connectivity index (χ1v) is 13.4. The van der Waals surface area contributed by atoms with E-state index < -0.39 is 29.7 Å². The number of pyridine rings is 1. The normalized spacial score (nSPS) is 19.1. The average molecular weight is 533 g/mol. The summed E-state index contributed by atoms with van der Waals surface area (Å²) in [7, 11) is 1.56. The molecule has 1 aliphatic heterocycles. The van der Waals surface area contributed by atoms with Crippen LogP contribution in [0.3, 0.4) is 0 Å². The van der Waals surface area contributed by atoms with E-state index in [9.17, 15) is 18.7 Å². The number of nitrogens with zero attached hydrogens (tertiary/aromatic N) is 2. The van der Waals surface area contributed by atoms with Crippen molar-refractivity contribution in [2.75, 3.05) is 32.5 Å². The average Bonchev–Trinajstić information content (AvgIpc) is 2.91. The minimum Gasteiger partial charge on any atom is -0.497 e. The van der Waals surface area contributed by atoms with Crippen molar-refractivity contribution in [3.63, 3.8) is 0 Å². The standard InChI is InChI=1S/C28H31F3N2O3S/c1-36-19-7-9-25-21(16-19)20(10-12-32-25)23(29)8-6-18-11-14-33(17-22(18)28(34)35)13-3-15-37-26-5-2-4-24(30)27(26)31/h2,4-5,7,9-10,12,16,18,22-23H,3,6,8,11,13-15,17H2,1H3,(H,34,35)/t18-,22+,23?/m1/s1. The third-order valence-electron chi connectivity index (χ3n) is 7.06. The number of carboxylic acid groups (broad SMARTS) is 1. The van der Waals surface area contributed by atoms with E-state index in [1.165, 1.54) is 17.8 Å². The van der Waals surface area contributed by atoms with E-state index >= 15 is 4.39 Å². The summed E-state index contributed by atoms with van der Waals surface area (Å²) < 4.78 is 47.8. The lowest BCUT2D eigenvalue weighted by atomic mass is 9.81. The minimum absolute atomic E-state index is 0.106. The van der Waals surface area contributed by atoms with Gasteiger partial charge in [-0.2, -0.15) is 0 Å². The molecule has 5 nitrogen and oxygen atoms in total. The maximum atomic E-state index is 15.4. The summed E-state index contributed by atoms with van der Waals surface area (Å²) in [6, 6.07) is 11.2. The molecule has 0 saturated carbocycles. The molecule has 1 fully saturated rings. The van der Waals surface area contributed by atoms with E-state index in [0.29, 0.717) is 53.9 Å². The fourth-order valence-corrected chi connectivity index (χ4v) is 5.92. The number of aromatic nitrogens is 1. The number of piperidine rings is 1. The second-order valence-corrected chi connectivity index (χ2v) is 10.5. The van der Waals surface area contributed by atoms with E-state index in [0.717, 1.165) is 19.0 Å². The topological polar surface area (TPSA) is 62.7 Å². The number of fused-ring (bicyclic) bond motifs is 1. The molecule has 2 heterocycles. The van der Waals surface area contributed by atoms with Crippen LogP contribution in [0, 0.1) is 23.5 Å². The Kier molecular flexibility index (Phi) is 9.32. The molecule has 2 aromatic carbocycles. The van der Waals surface area contributed by atoms with Gasteiger partial charge in [0.05, 0.1) is 18.5 Å². The molecule has 3 atom stereocenters. The lowest BCUT2D eigenvalue weighted by Gasteiger charge is -2.36. The van der Waals surface area contributed by atoms with Crippen LogP contribution >= 0.6 is 11.8 Å². The molecule has 0 spiro atoms. The molecule has 1 saturated heterocycles. The van der Waals surface area contributed by atoms with Gasteiger partial charge in [0.25, 0.3) is 0 Å². The van der Waals surface area contributed by atoms with E-state index in [4.69, 9.17) is 4.74 Å². The highest BCUT2D eigenvalue weighted by Gasteiger charge is 2.34. The number of carboxylic acids is 1. The summed E-state index contributed by atoms with van der Waals surface area (Å²) in [6.07, 6.45) is 2.49. The summed E-state index contributed by atoms with van der Waals surface area (Å²) in [6.45, 7) is 1.82. The van der Waals surface area contributed by atoms with Gasteiger partial charge in [-0.3, -0.25) is 9.78 Å². The van der Waals surface area contributed by atoms with Gasteiger partial charge in [-0.05, 0) is 92.4 Å². The Morgan fingerprint density at radius 1 is 1.27 bits per heavy atom. The second kappa shape index (κ2) is 12.6. The summed E-state index contributed by atoms with van der Waals surface area (Å²) in [5.41, 5.74) is 1.23. The number of benzene rings is 2. The van der Waals surface area contributed by atoms with Crippen LogP contribution in [0.4, 0.5) is 13.2 Å². The molecular weight excluding hydrogens is 501 g/mol. The van der Waals surface area contributed by atoms with Crippen LogP contribution < -0.4 is 4.74 Å². The number of aliphatic carboxylic acids is 1. The number of halogens is 3. The molecule has 1 aromatic heterocycles. The second-order valence-electron chi connectivity index (χ2n) is 9.38. The van der Waals surface area contributed by atoms with Crippen LogP contribution in [0.15, 0.2) is 53.6 Å². The number of rotatable bonds is 11. The van der Waals surface area contributed by atoms with Crippen molar-refractivity contribution >= 4 is 28.6 Å². The highest BCUT2D eigenvalue weighted by molar-refractivity contribution is 7.99.